The maximum atomic E-state index is 10.7. The molecule has 0 aromatic rings. The van der Waals surface area contributed by atoms with Crippen LogP contribution in [0.3, 0.4) is 0 Å². The highest BCUT2D eigenvalue weighted by atomic mass is 16.6. The Morgan fingerprint density at radius 1 is 1.26 bits per heavy atom. The number of carbonyl (C=O) groups is 2. The number of carbonyl (C=O) groups excluding carboxylic acids is 2. The molecule has 0 heterocycles. The third-order valence-electron chi connectivity index (χ3n) is 1.68. The fraction of sp³-hybridized carbons (Fsp3) is 0.733. The molecule has 114 valence electrons. The lowest BCUT2D eigenvalue weighted by Gasteiger charge is -2.17. The summed E-state index contributed by atoms with van der Waals surface area (Å²) < 4.78 is 9.28. The number of hydrogen-bond acceptors (Lipinski definition) is 4. The molecule has 0 bridgehead atoms. The topological polar surface area (TPSA) is 52.6 Å². The molecular weight excluding hydrogens is 244 g/mol. The van der Waals surface area contributed by atoms with Gasteiger partial charge in [-0.3, -0.25) is 9.59 Å². The van der Waals surface area contributed by atoms with E-state index in [-0.39, 0.29) is 23.5 Å². The molecule has 0 aliphatic heterocycles. The Morgan fingerprint density at radius 3 is 1.74 bits per heavy atom. The zero-order chi connectivity index (χ0) is 16.1. The lowest BCUT2D eigenvalue weighted by molar-refractivity contribution is -0.152. The van der Waals surface area contributed by atoms with E-state index in [0.29, 0.717) is 0 Å². The van der Waals surface area contributed by atoms with Crippen molar-refractivity contribution in [3.63, 3.8) is 0 Å². The van der Waals surface area contributed by atoms with Crippen molar-refractivity contribution in [1.82, 2.24) is 0 Å². The molecular formula is C15H30O4. The van der Waals surface area contributed by atoms with Crippen molar-refractivity contribution in [2.24, 2.45) is 5.92 Å². The third kappa shape index (κ3) is 19.2. The fourth-order valence-corrected chi connectivity index (χ4v) is 1.01. The van der Waals surface area contributed by atoms with Crippen LogP contribution < -0.4 is 0 Å². The quantitative estimate of drug-likeness (QED) is 0.581. The van der Waals surface area contributed by atoms with Crippen LogP contribution in [0.5, 0.6) is 0 Å². The Kier molecular flexibility index (Phi) is 15.8. The predicted octanol–water partition coefficient (Wildman–Crippen LogP) is 3.75. The molecule has 0 aliphatic carbocycles. The van der Waals surface area contributed by atoms with Gasteiger partial charge in [-0.05, 0) is 27.2 Å². The normalized spacial score (nSPS) is 10.7. The summed E-state index contributed by atoms with van der Waals surface area (Å²) in [5.74, 6) is -0.556. The van der Waals surface area contributed by atoms with Crippen molar-refractivity contribution in [1.29, 1.82) is 0 Å². The fourth-order valence-electron chi connectivity index (χ4n) is 1.01. The molecule has 4 nitrogen and oxygen atoms in total. The van der Waals surface area contributed by atoms with Gasteiger partial charge in [-0.2, -0.15) is 0 Å². The van der Waals surface area contributed by atoms with E-state index < -0.39 is 0 Å². The Balaban J connectivity index is -0.000000239. The molecule has 1 unspecified atom stereocenters. The Morgan fingerprint density at radius 2 is 1.68 bits per heavy atom. The van der Waals surface area contributed by atoms with Crippen LogP contribution in [0.4, 0.5) is 0 Å². The van der Waals surface area contributed by atoms with E-state index in [1.54, 1.807) is 6.08 Å². The predicted molar refractivity (Wildman–Crippen MR) is 78.9 cm³/mol. The monoisotopic (exact) mass is 274 g/mol. The summed E-state index contributed by atoms with van der Waals surface area (Å²) in [5, 5.41) is 0. The summed E-state index contributed by atoms with van der Waals surface area (Å²) in [6, 6.07) is 0. The molecule has 0 aromatic carbocycles. The number of methoxy groups -OCH3 is 1. The highest BCUT2D eigenvalue weighted by molar-refractivity contribution is 5.73. The van der Waals surface area contributed by atoms with Crippen molar-refractivity contribution in [3.8, 4) is 0 Å². The molecule has 0 N–H and O–H groups in total. The lowest BCUT2D eigenvalue weighted by atomic mass is 10.1. The van der Waals surface area contributed by atoms with Crippen molar-refractivity contribution in [3.05, 3.63) is 12.7 Å². The number of rotatable bonds is 3. The van der Waals surface area contributed by atoms with Crippen molar-refractivity contribution in [2.75, 3.05) is 7.11 Å². The maximum absolute atomic E-state index is 10.7. The van der Waals surface area contributed by atoms with E-state index in [4.69, 9.17) is 4.74 Å². The zero-order valence-corrected chi connectivity index (χ0v) is 13.7. The molecule has 0 radical (unpaired) electrons. The minimum Gasteiger partial charge on any atom is -0.469 e. The van der Waals surface area contributed by atoms with Gasteiger partial charge in [0.25, 0.3) is 0 Å². The summed E-state index contributed by atoms with van der Waals surface area (Å²) in [6.45, 7) is 16.4. The van der Waals surface area contributed by atoms with Crippen LogP contribution in [0.1, 0.15) is 54.9 Å². The van der Waals surface area contributed by atoms with Gasteiger partial charge in [0.1, 0.15) is 5.60 Å². The first-order chi connectivity index (χ1) is 8.67. The third-order valence-corrected chi connectivity index (χ3v) is 1.68. The first-order valence-corrected chi connectivity index (χ1v) is 6.57. The molecule has 1 atom stereocenters. The SMILES string of the molecule is C=CC(CC)C(=O)OC.CC.CC(=O)OC(C)(C)C. The van der Waals surface area contributed by atoms with E-state index in [1.165, 1.54) is 14.0 Å². The van der Waals surface area contributed by atoms with Crippen molar-refractivity contribution < 1.29 is 19.1 Å². The summed E-state index contributed by atoms with van der Waals surface area (Å²) in [5.41, 5.74) is -0.328. The van der Waals surface area contributed by atoms with Crippen LogP contribution in [0.15, 0.2) is 12.7 Å². The Bertz CT molecular complexity index is 251. The highest BCUT2D eigenvalue weighted by Crippen LogP contribution is 2.05. The molecule has 0 saturated carbocycles. The second kappa shape index (κ2) is 13.1. The van der Waals surface area contributed by atoms with Gasteiger partial charge in [-0.25, -0.2) is 0 Å². The summed E-state index contributed by atoms with van der Waals surface area (Å²) in [7, 11) is 1.38. The average Bonchev–Trinajstić information content (AvgIpc) is 2.30. The van der Waals surface area contributed by atoms with Gasteiger partial charge in [-0.1, -0.05) is 26.8 Å². The van der Waals surface area contributed by atoms with E-state index in [2.05, 4.69) is 11.3 Å². The Labute approximate surface area is 118 Å². The second-order valence-electron chi connectivity index (χ2n) is 4.48. The minimum atomic E-state index is -0.328. The van der Waals surface area contributed by atoms with E-state index >= 15 is 0 Å². The largest absolute Gasteiger partial charge is 0.469 e. The van der Waals surface area contributed by atoms with Crippen LogP contribution in [0, 0.1) is 5.92 Å². The van der Waals surface area contributed by atoms with E-state index in [9.17, 15) is 9.59 Å². The molecule has 0 aliphatic rings. The smallest absolute Gasteiger partial charge is 0.312 e. The number of hydrogen-bond donors (Lipinski definition) is 0. The molecule has 0 saturated heterocycles. The van der Waals surface area contributed by atoms with Crippen molar-refractivity contribution >= 4 is 11.9 Å². The molecule has 0 rings (SSSR count). The summed E-state index contributed by atoms with van der Waals surface area (Å²) >= 11 is 0. The van der Waals surface area contributed by atoms with Gasteiger partial charge in [0.05, 0.1) is 13.0 Å². The molecule has 19 heavy (non-hydrogen) atoms. The number of esters is 2. The van der Waals surface area contributed by atoms with Crippen LogP contribution in [-0.2, 0) is 19.1 Å². The summed E-state index contributed by atoms with van der Waals surface area (Å²) in [6.07, 6.45) is 2.36. The maximum Gasteiger partial charge on any atom is 0.312 e. The molecule has 0 amide bonds. The van der Waals surface area contributed by atoms with Gasteiger partial charge in [0.2, 0.25) is 0 Å². The van der Waals surface area contributed by atoms with Crippen LogP contribution in [-0.4, -0.2) is 24.6 Å². The zero-order valence-electron chi connectivity index (χ0n) is 13.7. The van der Waals surface area contributed by atoms with E-state index in [1.807, 2.05) is 41.5 Å². The highest BCUT2D eigenvalue weighted by Gasteiger charge is 2.12. The standard InChI is InChI=1S/C7H12O2.C6H12O2.C2H6/c1-4-6(5-2)7(8)9-3;1-5(7)8-6(2,3)4;1-2/h4,6H,1,5H2,2-3H3;1-4H3;1-2H3. The van der Waals surface area contributed by atoms with Gasteiger partial charge in [0.15, 0.2) is 0 Å². The number of ether oxygens (including phenoxy) is 2. The Hall–Kier alpha value is -1.32. The van der Waals surface area contributed by atoms with Gasteiger partial charge in [0, 0.05) is 6.92 Å². The van der Waals surface area contributed by atoms with Gasteiger partial charge in [-0.15, -0.1) is 6.58 Å². The van der Waals surface area contributed by atoms with Gasteiger partial charge < -0.3 is 9.47 Å². The second-order valence-corrected chi connectivity index (χ2v) is 4.48. The average molecular weight is 274 g/mol. The molecule has 0 fully saturated rings. The summed E-state index contributed by atoms with van der Waals surface area (Å²) in [4.78, 5) is 20.9. The van der Waals surface area contributed by atoms with Crippen LogP contribution >= 0.6 is 0 Å². The first-order valence-electron chi connectivity index (χ1n) is 6.57. The van der Waals surface area contributed by atoms with Crippen molar-refractivity contribution in [2.45, 2.75) is 60.5 Å². The van der Waals surface area contributed by atoms with E-state index in [0.717, 1.165) is 6.42 Å². The van der Waals surface area contributed by atoms with Gasteiger partial charge >= 0.3 is 11.9 Å². The van der Waals surface area contributed by atoms with Crippen LogP contribution in [0.2, 0.25) is 0 Å². The molecule has 0 aromatic heterocycles. The first kappa shape index (κ1) is 22.8. The molecule has 4 heteroatoms. The molecule has 0 spiro atoms. The minimum absolute atomic E-state index is 0.130. The lowest BCUT2D eigenvalue weighted by Crippen LogP contribution is -2.21. The van der Waals surface area contributed by atoms with Crippen LogP contribution in [0.25, 0.3) is 0 Å².